The van der Waals surface area contributed by atoms with Gasteiger partial charge in [0.05, 0.1) is 5.56 Å². The van der Waals surface area contributed by atoms with Crippen molar-refractivity contribution in [3.05, 3.63) is 29.8 Å². The first-order valence-electron chi connectivity index (χ1n) is 8.33. The Balaban J connectivity index is 1.76. The first kappa shape index (κ1) is 18.6. The molecule has 0 saturated carbocycles. The Labute approximate surface area is 140 Å². The molecule has 2 N–H and O–H groups in total. The lowest BCUT2D eigenvalue weighted by molar-refractivity contribution is -0.137. The Morgan fingerprint density at radius 1 is 1.29 bits per heavy atom. The average molecular weight is 343 g/mol. The molecule has 7 heteroatoms. The molecule has 1 aliphatic rings. The lowest BCUT2D eigenvalue weighted by Crippen LogP contribution is -2.40. The van der Waals surface area contributed by atoms with Crippen LogP contribution in [0, 0.1) is 5.92 Å². The summed E-state index contributed by atoms with van der Waals surface area (Å²) in [5.74, 6) is 0.422. The van der Waals surface area contributed by atoms with Crippen LogP contribution < -0.4 is 10.6 Å². The Bertz CT molecular complexity index is 540. The number of hydrogen-bond acceptors (Lipinski definition) is 2. The van der Waals surface area contributed by atoms with Crippen LogP contribution in [-0.4, -0.2) is 37.1 Å². The molecule has 1 aliphatic heterocycles. The number of hydrogen-bond donors (Lipinski definition) is 2. The zero-order valence-electron chi connectivity index (χ0n) is 13.8. The van der Waals surface area contributed by atoms with Crippen molar-refractivity contribution >= 4 is 11.7 Å². The van der Waals surface area contributed by atoms with E-state index in [1.165, 1.54) is 12.1 Å². The van der Waals surface area contributed by atoms with E-state index < -0.39 is 17.8 Å². The molecule has 24 heavy (non-hydrogen) atoms. The third-order valence-corrected chi connectivity index (χ3v) is 4.25. The Morgan fingerprint density at radius 2 is 2.00 bits per heavy atom. The molecule has 0 radical (unpaired) electrons. The van der Waals surface area contributed by atoms with Crippen molar-refractivity contribution < 1.29 is 18.0 Å². The van der Waals surface area contributed by atoms with Gasteiger partial charge < -0.3 is 15.5 Å². The largest absolute Gasteiger partial charge is 0.416 e. The molecule has 2 amide bonds. The highest BCUT2D eigenvalue weighted by molar-refractivity contribution is 5.89. The molecule has 4 nitrogen and oxygen atoms in total. The van der Waals surface area contributed by atoms with E-state index in [4.69, 9.17) is 0 Å². The molecule has 0 spiro atoms. The van der Waals surface area contributed by atoms with Crippen LogP contribution in [0.3, 0.4) is 0 Å². The highest BCUT2D eigenvalue weighted by Gasteiger charge is 2.30. The average Bonchev–Trinajstić information content (AvgIpc) is 2.54. The van der Waals surface area contributed by atoms with E-state index >= 15 is 0 Å². The quantitative estimate of drug-likeness (QED) is 0.850. The number of rotatable bonds is 5. The number of nitrogens with one attached hydrogen (secondary N) is 2. The van der Waals surface area contributed by atoms with Gasteiger partial charge in [0.2, 0.25) is 0 Å². The summed E-state index contributed by atoms with van der Waals surface area (Å²) in [5, 5.41) is 5.22. The Morgan fingerprint density at radius 3 is 2.62 bits per heavy atom. The number of carbonyl (C=O) groups is 1. The number of benzene rings is 1. The maximum atomic E-state index is 12.7. The third kappa shape index (κ3) is 5.70. The molecule has 134 valence electrons. The molecule has 2 rings (SSSR count). The van der Waals surface area contributed by atoms with Gasteiger partial charge in [-0.3, -0.25) is 0 Å². The number of anilines is 1. The van der Waals surface area contributed by atoms with Gasteiger partial charge in [-0.05, 0) is 63.0 Å². The van der Waals surface area contributed by atoms with Crippen LogP contribution in [-0.2, 0) is 6.18 Å². The minimum atomic E-state index is -4.42. The van der Waals surface area contributed by atoms with E-state index in [-0.39, 0.29) is 5.69 Å². The maximum Gasteiger partial charge on any atom is 0.416 e. The van der Waals surface area contributed by atoms with Gasteiger partial charge in [-0.1, -0.05) is 13.0 Å². The van der Waals surface area contributed by atoms with E-state index in [0.717, 1.165) is 51.0 Å². The van der Waals surface area contributed by atoms with Crippen LogP contribution in [0.25, 0.3) is 0 Å². The van der Waals surface area contributed by atoms with Crippen LogP contribution in [0.2, 0.25) is 0 Å². The molecule has 1 saturated heterocycles. The topological polar surface area (TPSA) is 44.4 Å². The summed E-state index contributed by atoms with van der Waals surface area (Å²) in [6, 6.07) is 4.17. The fraction of sp³-hybridized carbons (Fsp3) is 0.588. The number of alkyl halides is 3. The van der Waals surface area contributed by atoms with Gasteiger partial charge in [-0.25, -0.2) is 4.79 Å². The van der Waals surface area contributed by atoms with E-state index in [1.807, 2.05) is 0 Å². The van der Waals surface area contributed by atoms with E-state index in [2.05, 4.69) is 22.5 Å². The number of halogens is 3. The van der Waals surface area contributed by atoms with Crippen molar-refractivity contribution in [1.29, 1.82) is 0 Å². The number of amides is 2. The van der Waals surface area contributed by atoms with Gasteiger partial charge in [0.1, 0.15) is 0 Å². The fourth-order valence-electron chi connectivity index (χ4n) is 2.92. The maximum absolute atomic E-state index is 12.7. The predicted octanol–water partition coefficient (Wildman–Crippen LogP) is 3.95. The minimum absolute atomic E-state index is 0.139. The second kappa shape index (κ2) is 8.37. The zero-order chi connectivity index (χ0) is 17.6. The van der Waals surface area contributed by atoms with Crippen LogP contribution >= 0.6 is 0 Å². The SMILES string of the molecule is CCCN1CCC(CNC(=O)Nc2cccc(C(F)(F)F)c2)CC1. The summed E-state index contributed by atoms with van der Waals surface area (Å²) >= 11 is 0. The second-order valence-electron chi connectivity index (χ2n) is 6.20. The van der Waals surface area contributed by atoms with Gasteiger partial charge in [0, 0.05) is 12.2 Å². The first-order chi connectivity index (χ1) is 11.4. The van der Waals surface area contributed by atoms with Crippen molar-refractivity contribution in [3.63, 3.8) is 0 Å². The number of piperidine rings is 1. The summed E-state index contributed by atoms with van der Waals surface area (Å²) < 4.78 is 38.0. The van der Waals surface area contributed by atoms with Crippen molar-refractivity contribution in [2.45, 2.75) is 32.4 Å². The number of likely N-dealkylation sites (tertiary alicyclic amines) is 1. The Hall–Kier alpha value is -1.76. The smallest absolute Gasteiger partial charge is 0.338 e. The number of urea groups is 1. The number of carbonyl (C=O) groups excluding carboxylic acids is 1. The van der Waals surface area contributed by atoms with Gasteiger partial charge in [0.15, 0.2) is 0 Å². The molecule has 1 heterocycles. The molecule has 0 bridgehead atoms. The zero-order valence-corrected chi connectivity index (χ0v) is 13.8. The van der Waals surface area contributed by atoms with Crippen LogP contribution in [0.4, 0.5) is 23.7 Å². The highest BCUT2D eigenvalue weighted by atomic mass is 19.4. The number of nitrogens with zero attached hydrogens (tertiary/aromatic N) is 1. The summed E-state index contributed by atoms with van der Waals surface area (Å²) in [6.07, 6.45) is -1.21. The summed E-state index contributed by atoms with van der Waals surface area (Å²) in [5.41, 5.74) is -0.635. The van der Waals surface area contributed by atoms with Crippen LogP contribution in [0.1, 0.15) is 31.7 Å². The third-order valence-electron chi connectivity index (χ3n) is 4.25. The molecule has 1 aromatic rings. The van der Waals surface area contributed by atoms with Crippen molar-refractivity contribution in [2.24, 2.45) is 5.92 Å². The fourth-order valence-corrected chi connectivity index (χ4v) is 2.92. The summed E-state index contributed by atoms with van der Waals surface area (Å²) in [4.78, 5) is 14.3. The van der Waals surface area contributed by atoms with Crippen molar-refractivity contribution in [3.8, 4) is 0 Å². The first-order valence-corrected chi connectivity index (χ1v) is 8.33. The van der Waals surface area contributed by atoms with E-state index in [0.29, 0.717) is 12.5 Å². The molecular weight excluding hydrogens is 319 g/mol. The summed E-state index contributed by atoms with van der Waals surface area (Å²) in [6.45, 7) is 5.89. The minimum Gasteiger partial charge on any atom is -0.338 e. The van der Waals surface area contributed by atoms with Gasteiger partial charge in [-0.2, -0.15) is 13.2 Å². The van der Waals surface area contributed by atoms with Crippen molar-refractivity contribution in [2.75, 3.05) is 31.5 Å². The predicted molar refractivity (Wildman–Crippen MR) is 87.9 cm³/mol. The van der Waals surface area contributed by atoms with Gasteiger partial charge >= 0.3 is 12.2 Å². The molecular formula is C17H24F3N3O. The molecule has 1 aromatic carbocycles. The molecule has 0 atom stereocenters. The molecule has 0 aromatic heterocycles. The standard InChI is InChI=1S/C17H24F3N3O/c1-2-8-23-9-6-13(7-10-23)12-21-16(24)22-15-5-3-4-14(11-15)17(18,19)20/h3-5,11,13H,2,6-10,12H2,1H3,(H2,21,22,24). The monoisotopic (exact) mass is 343 g/mol. The van der Waals surface area contributed by atoms with Crippen molar-refractivity contribution in [1.82, 2.24) is 10.2 Å². The Kier molecular flexibility index (Phi) is 6.48. The highest BCUT2D eigenvalue weighted by Crippen LogP contribution is 2.30. The van der Waals surface area contributed by atoms with Crippen LogP contribution in [0.15, 0.2) is 24.3 Å². The molecule has 0 unspecified atom stereocenters. The lowest BCUT2D eigenvalue weighted by Gasteiger charge is -2.31. The normalized spacial score (nSPS) is 16.8. The van der Waals surface area contributed by atoms with E-state index in [9.17, 15) is 18.0 Å². The van der Waals surface area contributed by atoms with Gasteiger partial charge in [0.25, 0.3) is 0 Å². The molecule has 1 fully saturated rings. The lowest BCUT2D eigenvalue weighted by atomic mass is 9.97. The van der Waals surface area contributed by atoms with Gasteiger partial charge in [-0.15, -0.1) is 0 Å². The molecule has 0 aliphatic carbocycles. The second-order valence-corrected chi connectivity index (χ2v) is 6.20. The van der Waals surface area contributed by atoms with E-state index in [1.54, 1.807) is 0 Å². The van der Waals surface area contributed by atoms with Crippen LogP contribution in [0.5, 0.6) is 0 Å². The summed E-state index contributed by atoms with van der Waals surface area (Å²) in [7, 11) is 0.